The zero-order chi connectivity index (χ0) is 15.5. The maximum atomic E-state index is 12.1. The number of aromatic amines is 2. The van der Waals surface area contributed by atoms with E-state index in [0.717, 1.165) is 10.4 Å². The van der Waals surface area contributed by atoms with E-state index in [1.54, 1.807) is 24.4 Å². The summed E-state index contributed by atoms with van der Waals surface area (Å²) in [7, 11) is 0. The molecule has 5 nitrogen and oxygen atoms in total. The van der Waals surface area contributed by atoms with Gasteiger partial charge in [-0.05, 0) is 42.2 Å². The topological polar surface area (TPSA) is 78.6 Å². The minimum Gasteiger partial charge on any atom is -0.316 e. The lowest BCUT2D eigenvalue weighted by atomic mass is 10.2. The molecule has 0 spiro atoms. The second kappa shape index (κ2) is 5.95. The molecule has 0 atom stereocenters. The first-order valence-corrected chi connectivity index (χ1v) is 7.52. The van der Waals surface area contributed by atoms with Gasteiger partial charge in [-0.15, -0.1) is 11.3 Å². The van der Waals surface area contributed by atoms with Gasteiger partial charge in [0.15, 0.2) is 0 Å². The predicted molar refractivity (Wildman–Crippen MR) is 87.4 cm³/mol. The van der Waals surface area contributed by atoms with Crippen molar-refractivity contribution in [1.29, 1.82) is 0 Å². The van der Waals surface area contributed by atoms with Crippen LogP contribution < -0.4 is 21.8 Å². The van der Waals surface area contributed by atoms with Crippen LogP contribution in [0.25, 0.3) is 12.2 Å². The minimum absolute atomic E-state index is 0.185. The smallest absolute Gasteiger partial charge is 0.272 e. The lowest BCUT2D eigenvalue weighted by Gasteiger charge is -1.94. The number of nitrogens with one attached hydrogen (secondary N) is 2. The average molecular weight is 311 g/mol. The van der Waals surface area contributed by atoms with E-state index in [9.17, 15) is 9.59 Å². The fourth-order valence-electron chi connectivity index (χ4n) is 1.92. The summed E-state index contributed by atoms with van der Waals surface area (Å²) in [5, 5.41) is 2.33. The van der Waals surface area contributed by atoms with E-state index in [2.05, 4.69) is 15.0 Å². The van der Waals surface area contributed by atoms with Crippen LogP contribution in [-0.2, 0) is 0 Å². The van der Waals surface area contributed by atoms with Crippen molar-refractivity contribution in [3.8, 4) is 0 Å². The van der Waals surface area contributed by atoms with Crippen molar-refractivity contribution in [2.45, 2.75) is 6.92 Å². The molecule has 6 heteroatoms. The molecule has 0 unspecified atom stereocenters. The second-order valence-electron chi connectivity index (χ2n) is 4.80. The molecular formula is C16H13N3O2S. The summed E-state index contributed by atoms with van der Waals surface area (Å²) in [5.74, 6) is 0. The van der Waals surface area contributed by atoms with Crippen LogP contribution in [-0.4, -0.2) is 15.0 Å². The van der Waals surface area contributed by atoms with Gasteiger partial charge in [-0.25, -0.2) is 0 Å². The van der Waals surface area contributed by atoms with E-state index in [-0.39, 0.29) is 21.8 Å². The Labute approximate surface area is 129 Å². The molecule has 110 valence electrons. The minimum atomic E-state index is -0.357. The van der Waals surface area contributed by atoms with E-state index >= 15 is 0 Å². The van der Waals surface area contributed by atoms with Crippen LogP contribution in [0.2, 0.25) is 0 Å². The fraction of sp³-hybridized carbons (Fsp3) is 0.0625. The molecule has 0 fully saturated rings. The zero-order valence-corrected chi connectivity index (χ0v) is 12.6. The Morgan fingerprint density at radius 2 is 1.77 bits per heavy atom. The summed E-state index contributed by atoms with van der Waals surface area (Å²) >= 11 is 1.49. The van der Waals surface area contributed by atoms with Crippen molar-refractivity contribution in [1.82, 2.24) is 15.0 Å². The number of aryl methyl sites for hydroxylation is 1. The maximum absolute atomic E-state index is 12.1. The van der Waals surface area contributed by atoms with Crippen molar-refractivity contribution in [3.63, 3.8) is 0 Å². The van der Waals surface area contributed by atoms with Crippen molar-refractivity contribution >= 4 is 23.5 Å². The standard InChI is InChI=1S/C16H13N3O2S/c1-10-4-5-11(17-9-10)7-13-15(20)19-14(16(21)18-13)8-12-3-2-6-22-12/h2-9H,1H3,(H,18,21)(H,19,20). The SMILES string of the molecule is Cc1ccc(C=c2[nH]c(=O)c(=Cc3cccs3)[nH]c2=O)nc1. The zero-order valence-electron chi connectivity index (χ0n) is 11.8. The highest BCUT2D eigenvalue weighted by Gasteiger charge is 1.97. The quantitative estimate of drug-likeness (QED) is 0.723. The molecule has 3 aromatic rings. The lowest BCUT2D eigenvalue weighted by Crippen LogP contribution is -2.46. The molecule has 2 N–H and O–H groups in total. The summed E-state index contributed by atoms with van der Waals surface area (Å²) in [4.78, 5) is 34.5. The third kappa shape index (κ3) is 3.12. The first-order valence-electron chi connectivity index (χ1n) is 6.64. The Bertz CT molecular complexity index is 1010. The molecule has 0 saturated carbocycles. The molecule has 0 aliphatic carbocycles. The van der Waals surface area contributed by atoms with Crippen LogP contribution in [0.1, 0.15) is 16.1 Å². The lowest BCUT2D eigenvalue weighted by molar-refractivity contribution is 1.00. The summed E-state index contributed by atoms with van der Waals surface area (Å²) in [6.07, 6.45) is 4.91. The van der Waals surface area contributed by atoms with Crippen LogP contribution in [0.15, 0.2) is 45.4 Å². The number of H-pyrrole nitrogens is 2. The molecular weight excluding hydrogens is 298 g/mol. The molecule has 0 radical (unpaired) electrons. The van der Waals surface area contributed by atoms with Gasteiger partial charge in [0.1, 0.15) is 10.7 Å². The Hall–Kier alpha value is -2.73. The number of hydrogen-bond donors (Lipinski definition) is 2. The van der Waals surface area contributed by atoms with Crippen LogP contribution in [0.5, 0.6) is 0 Å². The van der Waals surface area contributed by atoms with Gasteiger partial charge in [0.2, 0.25) is 0 Å². The van der Waals surface area contributed by atoms with Crippen molar-refractivity contribution in [2.75, 3.05) is 0 Å². The largest absolute Gasteiger partial charge is 0.316 e. The molecule has 22 heavy (non-hydrogen) atoms. The Balaban J connectivity index is 2.13. The number of nitrogens with zero attached hydrogens (tertiary/aromatic N) is 1. The fourth-order valence-corrected chi connectivity index (χ4v) is 2.58. The second-order valence-corrected chi connectivity index (χ2v) is 5.78. The van der Waals surface area contributed by atoms with E-state index in [4.69, 9.17) is 0 Å². The van der Waals surface area contributed by atoms with E-state index in [1.807, 2.05) is 30.5 Å². The van der Waals surface area contributed by atoms with E-state index in [0.29, 0.717) is 5.69 Å². The molecule has 3 heterocycles. The van der Waals surface area contributed by atoms with Crippen LogP contribution >= 0.6 is 11.3 Å². The van der Waals surface area contributed by atoms with Gasteiger partial charge in [0, 0.05) is 11.1 Å². The first-order chi connectivity index (χ1) is 10.6. The monoisotopic (exact) mass is 311 g/mol. The number of hydrogen-bond acceptors (Lipinski definition) is 4. The molecule has 0 bridgehead atoms. The number of pyridine rings is 1. The molecule has 3 rings (SSSR count). The highest BCUT2D eigenvalue weighted by Crippen LogP contribution is 2.07. The molecule has 0 aromatic carbocycles. The highest BCUT2D eigenvalue weighted by molar-refractivity contribution is 7.10. The number of aromatic nitrogens is 3. The number of thiophene rings is 1. The van der Waals surface area contributed by atoms with Crippen molar-refractivity contribution in [2.24, 2.45) is 0 Å². The summed E-state index contributed by atoms with van der Waals surface area (Å²) < 4.78 is 0. The summed E-state index contributed by atoms with van der Waals surface area (Å²) in [6.45, 7) is 1.93. The third-order valence-electron chi connectivity index (χ3n) is 3.04. The van der Waals surface area contributed by atoms with Crippen LogP contribution in [0.4, 0.5) is 0 Å². The highest BCUT2D eigenvalue weighted by atomic mass is 32.1. The normalized spacial score (nSPS) is 12.8. The summed E-state index contributed by atoms with van der Waals surface area (Å²) in [5.41, 5.74) is 0.943. The van der Waals surface area contributed by atoms with E-state index < -0.39 is 0 Å². The van der Waals surface area contributed by atoms with Crippen molar-refractivity contribution < 1.29 is 0 Å². The third-order valence-corrected chi connectivity index (χ3v) is 3.86. The van der Waals surface area contributed by atoms with Gasteiger partial charge in [0.25, 0.3) is 11.1 Å². The molecule has 3 aromatic heterocycles. The number of rotatable bonds is 2. The first kappa shape index (κ1) is 14.2. The molecule has 0 amide bonds. The van der Waals surface area contributed by atoms with Gasteiger partial charge in [0.05, 0.1) is 5.69 Å². The molecule has 0 aliphatic rings. The van der Waals surface area contributed by atoms with Crippen molar-refractivity contribution in [3.05, 3.63) is 83.4 Å². The predicted octanol–water partition coefficient (Wildman–Crippen LogP) is 0.486. The van der Waals surface area contributed by atoms with Crippen LogP contribution in [0.3, 0.4) is 0 Å². The van der Waals surface area contributed by atoms with Gasteiger partial charge < -0.3 is 9.97 Å². The molecule has 0 aliphatic heterocycles. The Morgan fingerprint density at radius 1 is 1.05 bits per heavy atom. The summed E-state index contributed by atoms with van der Waals surface area (Å²) in [6, 6.07) is 7.44. The van der Waals surface area contributed by atoms with Gasteiger partial charge in [-0.1, -0.05) is 12.1 Å². The van der Waals surface area contributed by atoms with Gasteiger partial charge in [-0.2, -0.15) is 0 Å². The van der Waals surface area contributed by atoms with E-state index in [1.165, 1.54) is 11.3 Å². The van der Waals surface area contributed by atoms with Gasteiger partial charge >= 0.3 is 0 Å². The molecule has 0 saturated heterocycles. The maximum Gasteiger partial charge on any atom is 0.272 e. The average Bonchev–Trinajstić information content (AvgIpc) is 2.99. The Kier molecular flexibility index (Phi) is 3.84. The van der Waals surface area contributed by atoms with Crippen LogP contribution in [0, 0.1) is 6.92 Å². The Morgan fingerprint density at radius 3 is 2.36 bits per heavy atom. The van der Waals surface area contributed by atoms with Gasteiger partial charge in [-0.3, -0.25) is 14.6 Å².